The summed E-state index contributed by atoms with van der Waals surface area (Å²) in [5, 5.41) is 4.32. The summed E-state index contributed by atoms with van der Waals surface area (Å²) >= 11 is 12.1. The lowest BCUT2D eigenvalue weighted by molar-refractivity contribution is -0.129. The predicted octanol–water partition coefficient (Wildman–Crippen LogP) is 3.50. The van der Waals surface area contributed by atoms with Gasteiger partial charge in [0.15, 0.2) is 0 Å². The van der Waals surface area contributed by atoms with Gasteiger partial charge >= 0.3 is 0 Å². The first-order valence-corrected chi connectivity index (χ1v) is 8.76. The van der Waals surface area contributed by atoms with Gasteiger partial charge in [-0.3, -0.25) is 4.79 Å². The van der Waals surface area contributed by atoms with Crippen molar-refractivity contribution in [1.29, 1.82) is 0 Å². The van der Waals surface area contributed by atoms with Crippen LogP contribution in [0.1, 0.15) is 12.7 Å². The Hall–Kier alpha value is -2.05. The molecule has 0 aliphatic carbocycles. The lowest BCUT2D eigenvalue weighted by Crippen LogP contribution is -2.48. The molecule has 2 heterocycles. The van der Waals surface area contributed by atoms with E-state index < -0.39 is 0 Å². The molecule has 1 amide bonds. The van der Waals surface area contributed by atoms with Gasteiger partial charge in [0.1, 0.15) is 17.5 Å². The van der Waals surface area contributed by atoms with E-state index in [2.05, 4.69) is 20.2 Å². The van der Waals surface area contributed by atoms with E-state index in [1.165, 1.54) is 0 Å². The van der Waals surface area contributed by atoms with Crippen molar-refractivity contribution in [2.45, 2.75) is 13.8 Å². The van der Waals surface area contributed by atoms with E-state index >= 15 is 0 Å². The lowest BCUT2D eigenvalue weighted by Gasteiger charge is -2.35. The summed E-state index contributed by atoms with van der Waals surface area (Å²) in [4.78, 5) is 24.4. The van der Waals surface area contributed by atoms with Gasteiger partial charge < -0.3 is 15.1 Å². The summed E-state index contributed by atoms with van der Waals surface area (Å²) in [6.45, 7) is 6.34. The molecule has 0 radical (unpaired) electrons. The second-order valence-corrected chi connectivity index (χ2v) is 6.74. The van der Waals surface area contributed by atoms with Gasteiger partial charge in [-0.1, -0.05) is 23.2 Å². The summed E-state index contributed by atoms with van der Waals surface area (Å²) in [6, 6.07) is 7.15. The number of benzene rings is 1. The van der Waals surface area contributed by atoms with Crippen molar-refractivity contribution >= 4 is 46.4 Å². The molecule has 1 aromatic carbocycles. The monoisotopic (exact) mass is 379 g/mol. The quantitative estimate of drug-likeness (QED) is 0.883. The highest BCUT2D eigenvalue weighted by Gasteiger charge is 2.20. The van der Waals surface area contributed by atoms with Crippen molar-refractivity contribution in [1.82, 2.24) is 14.9 Å². The third kappa shape index (κ3) is 4.32. The minimum atomic E-state index is 0.109. The van der Waals surface area contributed by atoms with Gasteiger partial charge in [0.05, 0.1) is 10.7 Å². The van der Waals surface area contributed by atoms with Gasteiger partial charge in [0, 0.05) is 44.2 Å². The van der Waals surface area contributed by atoms with Crippen LogP contribution in [0.15, 0.2) is 24.3 Å². The standard InChI is InChI=1S/C17H19Cl2N5O/c1-11-20-16(22-15-4-3-13(18)9-14(15)19)10-17(21-11)24-7-5-23(6-8-24)12(2)25/h3-4,9-10H,5-8H2,1-2H3,(H,20,21,22). The SMILES string of the molecule is CC(=O)N1CCN(c2cc(Nc3ccc(Cl)cc3Cl)nc(C)n2)CC1. The highest BCUT2D eigenvalue weighted by atomic mass is 35.5. The molecule has 1 saturated heterocycles. The topological polar surface area (TPSA) is 61.4 Å². The molecule has 3 rings (SSSR count). The fourth-order valence-corrected chi connectivity index (χ4v) is 3.21. The van der Waals surface area contributed by atoms with Crippen LogP contribution in [0.25, 0.3) is 0 Å². The normalized spacial score (nSPS) is 14.6. The second-order valence-electron chi connectivity index (χ2n) is 5.90. The average Bonchev–Trinajstić information content (AvgIpc) is 2.57. The molecule has 0 saturated carbocycles. The van der Waals surface area contributed by atoms with Crippen LogP contribution in [0.5, 0.6) is 0 Å². The Morgan fingerprint density at radius 3 is 2.48 bits per heavy atom. The Bertz CT molecular complexity index is 791. The molecular formula is C17H19Cl2N5O. The van der Waals surface area contributed by atoms with Crippen molar-refractivity contribution in [3.8, 4) is 0 Å². The number of piperazine rings is 1. The molecule has 0 spiro atoms. The number of carbonyl (C=O) groups is 1. The summed E-state index contributed by atoms with van der Waals surface area (Å²) in [7, 11) is 0. The zero-order valence-corrected chi connectivity index (χ0v) is 15.6. The first-order valence-electron chi connectivity index (χ1n) is 8.00. The van der Waals surface area contributed by atoms with Crippen LogP contribution >= 0.6 is 23.2 Å². The van der Waals surface area contributed by atoms with E-state index in [0.29, 0.717) is 34.8 Å². The van der Waals surface area contributed by atoms with Crippen LogP contribution in [0.3, 0.4) is 0 Å². The van der Waals surface area contributed by atoms with E-state index in [1.807, 2.05) is 24.0 Å². The summed E-state index contributed by atoms with van der Waals surface area (Å²) in [5.41, 5.74) is 0.733. The van der Waals surface area contributed by atoms with Crippen LogP contribution < -0.4 is 10.2 Å². The van der Waals surface area contributed by atoms with Gasteiger partial charge in [0.25, 0.3) is 0 Å². The molecule has 1 aliphatic heterocycles. The molecule has 1 aromatic heterocycles. The fraction of sp³-hybridized carbons (Fsp3) is 0.353. The van der Waals surface area contributed by atoms with E-state index in [9.17, 15) is 4.79 Å². The van der Waals surface area contributed by atoms with Gasteiger partial charge in [-0.05, 0) is 25.1 Å². The fourth-order valence-electron chi connectivity index (χ4n) is 2.76. The number of rotatable bonds is 3. The maximum absolute atomic E-state index is 11.5. The molecule has 1 aliphatic rings. The molecule has 132 valence electrons. The Morgan fingerprint density at radius 1 is 1.12 bits per heavy atom. The third-order valence-electron chi connectivity index (χ3n) is 4.07. The second kappa shape index (κ2) is 7.45. The van der Waals surface area contributed by atoms with E-state index in [4.69, 9.17) is 23.2 Å². The first-order chi connectivity index (χ1) is 11.9. The number of nitrogens with one attached hydrogen (secondary N) is 1. The summed E-state index contributed by atoms with van der Waals surface area (Å²) < 4.78 is 0. The maximum atomic E-state index is 11.5. The number of aromatic nitrogens is 2. The van der Waals surface area contributed by atoms with Crippen molar-refractivity contribution in [2.75, 3.05) is 36.4 Å². The van der Waals surface area contributed by atoms with Crippen LogP contribution in [0.4, 0.5) is 17.3 Å². The first kappa shape index (κ1) is 17.8. The molecule has 2 aromatic rings. The van der Waals surface area contributed by atoms with Gasteiger partial charge in [0.2, 0.25) is 5.91 Å². The van der Waals surface area contributed by atoms with Gasteiger partial charge in [-0.25, -0.2) is 9.97 Å². The Kier molecular flexibility index (Phi) is 5.30. The molecule has 0 unspecified atom stereocenters. The molecule has 6 nitrogen and oxygen atoms in total. The Labute approximate surface area is 156 Å². The number of carbonyl (C=O) groups excluding carboxylic acids is 1. The van der Waals surface area contributed by atoms with Crippen LogP contribution in [0.2, 0.25) is 10.0 Å². The largest absolute Gasteiger partial charge is 0.353 e. The molecular weight excluding hydrogens is 361 g/mol. The number of nitrogens with zero attached hydrogens (tertiary/aromatic N) is 4. The molecule has 1 fully saturated rings. The smallest absolute Gasteiger partial charge is 0.219 e. The summed E-state index contributed by atoms with van der Waals surface area (Å²) in [5.74, 6) is 2.28. The predicted molar refractivity (Wildman–Crippen MR) is 101 cm³/mol. The highest BCUT2D eigenvalue weighted by Crippen LogP contribution is 2.28. The minimum absolute atomic E-state index is 0.109. The van der Waals surface area contributed by atoms with Crippen molar-refractivity contribution in [3.63, 3.8) is 0 Å². The van der Waals surface area contributed by atoms with Gasteiger partial charge in [-0.2, -0.15) is 0 Å². The minimum Gasteiger partial charge on any atom is -0.353 e. The van der Waals surface area contributed by atoms with Crippen molar-refractivity contribution in [2.24, 2.45) is 0 Å². The van der Waals surface area contributed by atoms with Crippen molar-refractivity contribution in [3.05, 3.63) is 40.1 Å². The number of amides is 1. The lowest BCUT2D eigenvalue weighted by atomic mass is 10.3. The Morgan fingerprint density at radius 2 is 1.84 bits per heavy atom. The molecule has 0 bridgehead atoms. The van der Waals surface area contributed by atoms with E-state index in [-0.39, 0.29) is 5.91 Å². The third-order valence-corrected chi connectivity index (χ3v) is 4.62. The zero-order chi connectivity index (χ0) is 18.0. The maximum Gasteiger partial charge on any atom is 0.219 e. The molecule has 1 N–H and O–H groups in total. The average molecular weight is 380 g/mol. The molecule has 0 atom stereocenters. The number of aryl methyl sites for hydroxylation is 1. The van der Waals surface area contributed by atoms with Crippen LogP contribution in [-0.4, -0.2) is 47.0 Å². The van der Waals surface area contributed by atoms with E-state index in [1.54, 1.807) is 19.1 Å². The van der Waals surface area contributed by atoms with Crippen LogP contribution in [-0.2, 0) is 4.79 Å². The van der Waals surface area contributed by atoms with Gasteiger partial charge in [-0.15, -0.1) is 0 Å². The number of anilines is 3. The highest BCUT2D eigenvalue weighted by molar-refractivity contribution is 6.36. The van der Waals surface area contributed by atoms with Crippen molar-refractivity contribution < 1.29 is 4.79 Å². The van der Waals surface area contributed by atoms with Crippen LogP contribution in [0, 0.1) is 6.92 Å². The zero-order valence-electron chi connectivity index (χ0n) is 14.1. The Balaban J connectivity index is 1.78. The number of halogens is 2. The van der Waals surface area contributed by atoms with E-state index in [0.717, 1.165) is 24.6 Å². The number of hydrogen-bond donors (Lipinski definition) is 1. The molecule has 8 heteroatoms. The number of hydrogen-bond acceptors (Lipinski definition) is 5. The summed E-state index contributed by atoms with van der Waals surface area (Å²) in [6.07, 6.45) is 0. The molecule has 25 heavy (non-hydrogen) atoms.